The lowest BCUT2D eigenvalue weighted by atomic mass is 9.67. The maximum atomic E-state index is 17.5. The minimum absolute atomic E-state index is 0.128. The Bertz CT molecular complexity index is 6280. The summed E-state index contributed by atoms with van der Waals surface area (Å²) in [5.41, 5.74) is 14.6. The molecular formula is C103H62F8N2O2. The first-order chi connectivity index (χ1) is 56.2. The summed E-state index contributed by atoms with van der Waals surface area (Å²) < 4.78 is 143. The number of nitrogens with zero attached hydrogens (tertiary/aromatic N) is 2. The van der Waals surface area contributed by atoms with E-state index in [4.69, 9.17) is 9.47 Å². The van der Waals surface area contributed by atoms with E-state index in [0.29, 0.717) is 102 Å². The Balaban J connectivity index is 0.774. The van der Waals surface area contributed by atoms with Gasteiger partial charge < -0.3 is 19.3 Å². The first-order valence-corrected chi connectivity index (χ1v) is 37.6. The van der Waals surface area contributed by atoms with Crippen molar-refractivity contribution in [3.8, 4) is 67.5 Å². The predicted molar refractivity (Wildman–Crippen MR) is 440 cm³/mol. The van der Waals surface area contributed by atoms with Crippen LogP contribution in [0.4, 0.5) is 69.2 Å². The fraction of sp³-hybridized carbons (Fsp3) is 0.0291. The quantitative estimate of drug-likeness (QED) is 0.0711. The van der Waals surface area contributed by atoms with Gasteiger partial charge in [-0.05, 0) is 269 Å². The Morgan fingerprint density at radius 3 is 0.791 bits per heavy atom. The van der Waals surface area contributed by atoms with Crippen LogP contribution in [-0.2, 0) is 16.2 Å². The number of rotatable bonds is 16. The van der Waals surface area contributed by atoms with Gasteiger partial charge in [-0.1, -0.05) is 207 Å². The Morgan fingerprint density at radius 2 is 0.487 bits per heavy atom. The van der Waals surface area contributed by atoms with Crippen molar-refractivity contribution in [3.05, 3.63) is 477 Å². The molecule has 4 aliphatic rings. The normalized spacial score (nSPS) is 16.0. The second-order valence-electron chi connectivity index (χ2n) is 29.2. The second kappa shape index (κ2) is 27.0. The monoisotopic (exact) mass is 1510 g/mol. The molecule has 2 unspecified atom stereocenters. The van der Waals surface area contributed by atoms with E-state index in [1.165, 1.54) is 36.4 Å². The summed E-state index contributed by atoms with van der Waals surface area (Å²) >= 11 is 0. The van der Waals surface area contributed by atoms with Crippen LogP contribution in [0.5, 0.6) is 23.0 Å². The molecule has 115 heavy (non-hydrogen) atoms. The molecule has 16 aromatic carbocycles. The minimum Gasteiger partial charge on any atom is -0.457 e. The van der Waals surface area contributed by atoms with Crippen molar-refractivity contribution in [3.63, 3.8) is 0 Å². The molecule has 0 N–H and O–H groups in total. The minimum atomic E-state index is -1.63. The maximum absolute atomic E-state index is 17.5. The van der Waals surface area contributed by atoms with Gasteiger partial charge >= 0.3 is 0 Å². The Morgan fingerprint density at radius 1 is 0.226 bits per heavy atom. The van der Waals surface area contributed by atoms with E-state index in [9.17, 15) is 0 Å². The van der Waals surface area contributed by atoms with Crippen LogP contribution in [0.1, 0.15) is 77.9 Å². The van der Waals surface area contributed by atoms with Crippen molar-refractivity contribution >= 4 is 46.3 Å². The van der Waals surface area contributed by atoms with E-state index in [1.807, 2.05) is 204 Å². The molecular weight excluding hydrogens is 1450 g/mol. The Kier molecular flexibility index (Phi) is 16.4. The van der Waals surface area contributed by atoms with Gasteiger partial charge in [0.05, 0.1) is 16.2 Å². The van der Waals surface area contributed by atoms with Crippen molar-refractivity contribution in [1.82, 2.24) is 0 Å². The van der Waals surface area contributed by atoms with Crippen LogP contribution in [-0.4, -0.2) is 0 Å². The number of halogens is 8. The number of anilines is 6. The van der Waals surface area contributed by atoms with Crippen LogP contribution in [0.25, 0.3) is 56.7 Å². The average Bonchev–Trinajstić information content (AvgIpc) is 1.51. The molecule has 0 amide bonds. The molecule has 4 nitrogen and oxygen atoms in total. The third-order valence-corrected chi connectivity index (χ3v) is 23.5. The van der Waals surface area contributed by atoms with Gasteiger partial charge in [-0.2, -0.15) is 0 Å². The molecule has 0 saturated heterocycles. The number of hydrogen-bond acceptors (Lipinski definition) is 4. The largest absolute Gasteiger partial charge is 0.457 e. The highest BCUT2D eigenvalue weighted by Crippen LogP contribution is 2.66. The maximum Gasteiger partial charge on any atom is 0.194 e. The Labute approximate surface area is 658 Å². The van der Waals surface area contributed by atoms with Crippen LogP contribution < -0.4 is 19.3 Å². The van der Waals surface area contributed by atoms with E-state index in [-0.39, 0.29) is 11.1 Å². The summed E-state index contributed by atoms with van der Waals surface area (Å²) in [6, 6.07) is 102. The molecule has 4 aliphatic carbocycles. The molecule has 0 bridgehead atoms. The van der Waals surface area contributed by atoms with Crippen molar-refractivity contribution in [2.24, 2.45) is 0 Å². The SMILES string of the molecule is C=Cc1ccc(Oc2ccc(C3(c4ccc(F)c(F)c4F)c4ccccc4-c4ccc(N(c5ccc(F)cc5)c5ccc6c(c5)C5(c7ccccc7-6)c6ccccc6-c6ccc(N(c7ccc(F)cc7)c7ccc8c(c7)C(c7ccc(Oc9ccc(C=C)cc9)cc7)(c7ccc(F)c(F)c7F)c7ccccc7-8)cc65)cc43)cc2)cc1. The standard InChI is InChI=1S/C103H62F8N2O2/c1-3-61-21-41-73(42-22-61)114-75-45-25-63(26-46-75)101(89-53-55-95(106)99(110)97(89)108)85-17-9-5-13-77(85)81-49-37-69(57-91(81)101)112(67-33-29-65(104)30-34-67)71-39-51-83-79-15-7-11-19-87(79)103(93(83)59-71)88-20-12-8-16-80(88)84-52-40-72(60-94(84)103)113(68-35-31-66(105)32-36-68)70-38-50-82-78-14-6-10-18-86(78)102(92(82)58-70,90-54-56-96(107)100(111)98(90)109)64-27-47-76(48-28-64)115-74-43-23-62(4-2)24-44-74/h3-60H,1-2H2. The molecule has 0 heterocycles. The molecule has 1 spiro atoms. The second-order valence-corrected chi connectivity index (χ2v) is 29.2. The number of fused-ring (bicyclic) bond motifs is 16. The average molecular weight is 1510 g/mol. The van der Waals surface area contributed by atoms with Crippen molar-refractivity contribution in [1.29, 1.82) is 0 Å². The van der Waals surface area contributed by atoms with Gasteiger partial charge in [-0.25, -0.2) is 35.1 Å². The van der Waals surface area contributed by atoms with Crippen molar-refractivity contribution < 1.29 is 44.6 Å². The summed E-state index contributed by atoms with van der Waals surface area (Å²) in [7, 11) is 0. The molecule has 552 valence electrons. The predicted octanol–water partition coefficient (Wildman–Crippen LogP) is 27.7. The van der Waals surface area contributed by atoms with E-state index >= 15 is 35.1 Å². The van der Waals surface area contributed by atoms with Crippen LogP contribution in [0.15, 0.2) is 353 Å². The molecule has 20 rings (SSSR count). The molecule has 0 aliphatic heterocycles. The lowest BCUT2D eigenvalue weighted by Crippen LogP contribution is -2.30. The molecule has 0 saturated carbocycles. The van der Waals surface area contributed by atoms with Crippen LogP contribution in [0, 0.1) is 46.5 Å². The zero-order valence-corrected chi connectivity index (χ0v) is 61.1. The van der Waals surface area contributed by atoms with Gasteiger partial charge in [0.15, 0.2) is 34.9 Å². The zero-order chi connectivity index (χ0) is 78.2. The van der Waals surface area contributed by atoms with Gasteiger partial charge in [0.2, 0.25) is 0 Å². The van der Waals surface area contributed by atoms with E-state index < -0.39 is 62.8 Å². The lowest BCUT2D eigenvalue weighted by Gasteiger charge is -2.36. The highest BCUT2D eigenvalue weighted by atomic mass is 19.2. The zero-order valence-electron chi connectivity index (χ0n) is 61.1. The fourth-order valence-corrected chi connectivity index (χ4v) is 18.6. The van der Waals surface area contributed by atoms with Crippen molar-refractivity contribution in [2.45, 2.75) is 16.2 Å². The van der Waals surface area contributed by atoms with Crippen LogP contribution in [0.3, 0.4) is 0 Å². The third kappa shape index (κ3) is 10.6. The van der Waals surface area contributed by atoms with Gasteiger partial charge in [-0.3, -0.25) is 0 Å². The summed E-state index contributed by atoms with van der Waals surface area (Å²) in [4.78, 5) is 4.05. The highest BCUT2D eigenvalue weighted by molar-refractivity contribution is 5.99. The summed E-state index contributed by atoms with van der Waals surface area (Å²) in [6.07, 6.45) is 3.47. The summed E-state index contributed by atoms with van der Waals surface area (Å²) in [6.45, 7) is 7.74. The highest BCUT2D eigenvalue weighted by Gasteiger charge is 2.54. The first-order valence-electron chi connectivity index (χ1n) is 37.6. The Hall–Kier alpha value is -14.4. The van der Waals surface area contributed by atoms with Gasteiger partial charge in [0.25, 0.3) is 0 Å². The third-order valence-electron chi connectivity index (χ3n) is 23.5. The van der Waals surface area contributed by atoms with E-state index in [1.54, 1.807) is 60.7 Å². The smallest absolute Gasteiger partial charge is 0.194 e. The van der Waals surface area contributed by atoms with Gasteiger partial charge in [0, 0.05) is 45.3 Å². The molecule has 12 heteroatoms. The van der Waals surface area contributed by atoms with E-state index in [2.05, 4.69) is 61.7 Å². The van der Waals surface area contributed by atoms with E-state index in [0.717, 1.165) is 78.9 Å². The number of hydrogen-bond donors (Lipinski definition) is 0. The van der Waals surface area contributed by atoms with Gasteiger partial charge in [-0.15, -0.1) is 0 Å². The fourth-order valence-electron chi connectivity index (χ4n) is 18.6. The molecule has 0 fully saturated rings. The molecule has 0 aromatic heterocycles. The summed E-state index contributed by atoms with van der Waals surface area (Å²) in [5.74, 6) is -7.53. The first kappa shape index (κ1) is 69.8. The van der Waals surface area contributed by atoms with Gasteiger partial charge in [0.1, 0.15) is 34.6 Å². The lowest BCUT2D eigenvalue weighted by molar-refractivity contribution is 0.435. The topological polar surface area (TPSA) is 24.9 Å². The van der Waals surface area contributed by atoms with Crippen LogP contribution >= 0.6 is 0 Å². The molecule has 2 atom stereocenters. The molecule has 0 radical (unpaired) electrons. The molecule has 16 aromatic rings. The number of benzene rings is 16. The van der Waals surface area contributed by atoms with Crippen LogP contribution in [0.2, 0.25) is 0 Å². The number of ether oxygens (including phenoxy) is 2. The summed E-state index contributed by atoms with van der Waals surface area (Å²) in [5, 5.41) is 0. The van der Waals surface area contributed by atoms with Crippen molar-refractivity contribution in [2.75, 3.05) is 9.80 Å².